The molecule has 0 atom stereocenters. The minimum atomic E-state index is -3.49. The average Bonchev–Trinajstić information content (AvgIpc) is 3.34. The van der Waals surface area contributed by atoms with Crippen LogP contribution in [0.5, 0.6) is 17.2 Å². The molecule has 2 heterocycles. The molecule has 3 aromatic rings. The number of hydrogen-bond donors (Lipinski definition) is 0. The first-order chi connectivity index (χ1) is 15.5. The van der Waals surface area contributed by atoms with Gasteiger partial charge in [-0.2, -0.15) is 9.29 Å². The zero-order valence-electron chi connectivity index (χ0n) is 18.2. The molecule has 1 aromatic heterocycles. The highest BCUT2D eigenvalue weighted by molar-refractivity contribution is 7.89. The number of methoxy groups -OCH3 is 3. The largest absolute Gasteiger partial charge is 0.493 e. The molecule has 1 aliphatic heterocycles. The summed E-state index contributed by atoms with van der Waals surface area (Å²) in [5.41, 5.74) is 1.24. The van der Waals surface area contributed by atoms with Crippen LogP contribution in [0.25, 0.3) is 22.8 Å². The Kier molecular flexibility index (Phi) is 6.33. The fraction of sp³-hybridized carbons (Fsp3) is 0.364. The molecule has 0 radical (unpaired) electrons. The molecule has 0 amide bonds. The summed E-state index contributed by atoms with van der Waals surface area (Å²) >= 11 is 0. The van der Waals surface area contributed by atoms with Crippen molar-refractivity contribution in [2.24, 2.45) is 0 Å². The number of benzene rings is 2. The van der Waals surface area contributed by atoms with Gasteiger partial charge in [0.05, 0.1) is 26.2 Å². The van der Waals surface area contributed by atoms with Gasteiger partial charge in [0.25, 0.3) is 5.89 Å². The van der Waals surface area contributed by atoms with Crippen molar-refractivity contribution in [3.63, 3.8) is 0 Å². The van der Waals surface area contributed by atoms with E-state index in [4.69, 9.17) is 18.7 Å². The van der Waals surface area contributed by atoms with Crippen molar-refractivity contribution in [2.75, 3.05) is 34.4 Å². The van der Waals surface area contributed by atoms with Crippen LogP contribution < -0.4 is 14.2 Å². The molecule has 0 spiro atoms. The average molecular weight is 460 g/mol. The summed E-state index contributed by atoms with van der Waals surface area (Å²) in [7, 11) is 1.09. The zero-order valence-corrected chi connectivity index (χ0v) is 19.0. The van der Waals surface area contributed by atoms with Gasteiger partial charge in [0.15, 0.2) is 11.5 Å². The van der Waals surface area contributed by atoms with Crippen LogP contribution in [-0.2, 0) is 10.0 Å². The second-order valence-corrected chi connectivity index (χ2v) is 9.26. The molecule has 0 N–H and O–H groups in total. The van der Waals surface area contributed by atoms with Gasteiger partial charge < -0.3 is 18.7 Å². The maximum absolute atomic E-state index is 12.8. The van der Waals surface area contributed by atoms with Crippen molar-refractivity contribution in [3.05, 3.63) is 36.4 Å². The topological polar surface area (TPSA) is 104 Å². The zero-order chi connectivity index (χ0) is 22.7. The van der Waals surface area contributed by atoms with E-state index >= 15 is 0 Å². The predicted octanol–water partition coefficient (Wildman–Crippen LogP) is 3.60. The van der Waals surface area contributed by atoms with Crippen molar-refractivity contribution in [3.8, 4) is 40.1 Å². The first-order valence-corrected chi connectivity index (χ1v) is 11.7. The van der Waals surface area contributed by atoms with Crippen molar-refractivity contribution in [1.29, 1.82) is 0 Å². The molecule has 9 nitrogen and oxygen atoms in total. The van der Waals surface area contributed by atoms with Crippen LogP contribution in [0.1, 0.15) is 19.3 Å². The van der Waals surface area contributed by atoms with Crippen molar-refractivity contribution in [1.82, 2.24) is 14.4 Å². The Balaban J connectivity index is 1.60. The third-order valence-electron chi connectivity index (χ3n) is 5.40. The molecule has 0 aliphatic carbocycles. The van der Waals surface area contributed by atoms with E-state index in [1.807, 2.05) is 0 Å². The second kappa shape index (κ2) is 9.17. The minimum Gasteiger partial charge on any atom is -0.493 e. The highest BCUT2D eigenvalue weighted by Crippen LogP contribution is 2.41. The highest BCUT2D eigenvalue weighted by atomic mass is 32.2. The Bertz CT molecular complexity index is 1160. The molecule has 2 aromatic carbocycles. The van der Waals surface area contributed by atoms with Crippen molar-refractivity contribution < 1.29 is 27.2 Å². The Labute approximate surface area is 187 Å². The van der Waals surface area contributed by atoms with Gasteiger partial charge in [-0.05, 0) is 49.2 Å². The molecule has 0 bridgehead atoms. The summed E-state index contributed by atoms with van der Waals surface area (Å²) in [5.74, 6) is 2.01. The van der Waals surface area contributed by atoms with E-state index in [9.17, 15) is 8.42 Å². The summed E-state index contributed by atoms with van der Waals surface area (Å²) < 4.78 is 48.7. The van der Waals surface area contributed by atoms with Crippen LogP contribution in [0.2, 0.25) is 0 Å². The normalized spacial score (nSPS) is 14.8. The summed E-state index contributed by atoms with van der Waals surface area (Å²) in [6, 6.07) is 9.95. The quantitative estimate of drug-likeness (QED) is 0.528. The van der Waals surface area contributed by atoms with Gasteiger partial charge in [0.1, 0.15) is 0 Å². The number of sulfonamides is 1. The Morgan fingerprint density at radius 1 is 0.875 bits per heavy atom. The number of aromatic nitrogens is 2. The molecule has 10 heteroatoms. The summed E-state index contributed by atoms with van der Waals surface area (Å²) in [6.07, 6.45) is 2.85. The standard InChI is InChI=1S/C22H25N3O6S/c1-28-18-13-16(14-19(29-2)20(18)30-3)22-23-21(24-31-22)15-7-9-17(10-8-15)32(26,27)25-11-5-4-6-12-25/h7-10,13-14H,4-6,11-12H2,1-3H3. The van der Waals surface area contributed by atoms with Crippen LogP contribution in [0.3, 0.4) is 0 Å². The molecular weight excluding hydrogens is 434 g/mol. The van der Waals surface area contributed by atoms with E-state index in [0.29, 0.717) is 47.3 Å². The first-order valence-electron chi connectivity index (χ1n) is 10.2. The molecule has 1 fully saturated rings. The molecule has 0 unspecified atom stereocenters. The number of ether oxygens (including phenoxy) is 3. The molecule has 32 heavy (non-hydrogen) atoms. The Morgan fingerprint density at radius 3 is 2.06 bits per heavy atom. The third kappa shape index (κ3) is 4.15. The summed E-state index contributed by atoms with van der Waals surface area (Å²) in [6.45, 7) is 1.13. The lowest BCUT2D eigenvalue weighted by atomic mass is 10.1. The summed E-state index contributed by atoms with van der Waals surface area (Å²) in [5, 5.41) is 4.04. The molecule has 4 rings (SSSR count). The molecule has 1 saturated heterocycles. The lowest BCUT2D eigenvalue weighted by Gasteiger charge is -2.25. The minimum absolute atomic E-state index is 0.261. The monoisotopic (exact) mass is 459 g/mol. The van der Waals surface area contributed by atoms with Gasteiger partial charge in [-0.1, -0.05) is 11.6 Å². The van der Waals surface area contributed by atoms with E-state index in [0.717, 1.165) is 19.3 Å². The van der Waals surface area contributed by atoms with Crippen LogP contribution in [0.15, 0.2) is 45.8 Å². The Hall–Kier alpha value is -3.11. The maximum Gasteiger partial charge on any atom is 0.258 e. The highest BCUT2D eigenvalue weighted by Gasteiger charge is 2.26. The lowest BCUT2D eigenvalue weighted by molar-refractivity contribution is 0.324. The second-order valence-electron chi connectivity index (χ2n) is 7.33. The molecule has 1 aliphatic rings. The van der Waals surface area contributed by atoms with E-state index in [2.05, 4.69) is 10.1 Å². The van der Waals surface area contributed by atoms with Gasteiger partial charge in [-0.15, -0.1) is 0 Å². The van der Waals surface area contributed by atoms with Crippen LogP contribution in [0.4, 0.5) is 0 Å². The maximum atomic E-state index is 12.8. The summed E-state index contributed by atoms with van der Waals surface area (Å²) in [4.78, 5) is 4.71. The Morgan fingerprint density at radius 2 is 1.50 bits per heavy atom. The number of rotatable bonds is 7. The number of hydrogen-bond acceptors (Lipinski definition) is 8. The SMILES string of the molecule is COc1cc(-c2nc(-c3ccc(S(=O)(=O)N4CCCCC4)cc3)no2)cc(OC)c1OC. The van der Waals surface area contributed by atoms with E-state index < -0.39 is 10.0 Å². The third-order valence-corrected chi connectivity index (χ3v) is 7.32. The predicted molar refractivity (Wildman–Crippen MR) is 117 cm³/mol. The van der Waals surface area contributed by atoms with Crippen molar-refractivity contribution >= 4 is 10.0 Å². The van der Waals surface area contributed by atoms with Gasteiger partial charge >= 0.3 is 0 Å². The van der Waals surface area contributed by atoms with Crippen LogP contribution in [-0.4, -0.2) is 57.3 Å². The van der Waals surface area contributed by atoms with Gasteiger partial charge in [0.2, 0.25) is 21.6 Å². The van der Waals surface area contributed by atoms with Crippen molar-refractivity contribution in [2.45, 2.75) is 24.2 Å². The first kappa shape index (κ1) is 22.1. The van der Waals surface area contributed by atoms with Gasteiger partial charge in [-0.3, -0.25) is 0 Å². The number of nitrogens with zero attached hydrogens (tertiary/aromatic N) is 3. The molecule has 170 valence electrons. The lowest BCUT2D eigenvalue weighted by Crippen LogP contribution is -2.35. The fourth-order valence-electron chi connectivity index (χ4n) is 3.69. The van der Waals surface area contributed by atoms with E-state index in [-0.39, 0.29) is 10.8 Å². The van der Waals surface area contributed by atoms with E-state index in [1.165, 1.54) is 21.3 Å². The fourth-order valence-corrected chi connectivity index (χ4v) is 5.21. The van der Waals surface area contributed by atoms with E-state index in [1.54, 1.807) is 40.7 Å². The number of piperidine rings is 1. The van der Waals surface area contributed by atoms with Gasteiger partial charge in [-0.25, -0.2) is 8.42 Å². The smallest absolute Gasteiger partial charge is 0.258 e. The van der Waals surface area contributed by atoms with Crippen LogP contribution >= 0.6 is 0 Å². The molecule has 0 saturated carbocycles. The van der Waals surface area contributed by atoms with Gasteiger partial charge in [0, 0.05) is 24.2 Å². The molecular formula is C22H25N3O6S. The van der Waals surface area contributed by atoms with Crippen LogP contribution in [0, 0.1) is 0 Å².